The summed E-state index contributed by atoms with van der Waals surface area (Å²) in [5.41, 5.74) is 8.96. The highest BCUT2D eigenvalue weighted by molar-refractivity contribution is 6.75. The first-order chi connectivity index (χ1) is 66.1. The summed E-state index contributed by atoms with van der Waals surface area (Å²) in [6.07, 6.45) is 33.5. The van der Waals surface area contributed by atoms with E-state index in [1.165, 1.54) is 63.7 Å². The van der Waals surface area contributed by atoms with E-state index < -0.39 is 100 Å². The van der Waals surface area contributed by atoms with E-state index in [2.05, 4.69) is 184 Å². The maximum atomic E-state index is 13.1. The highest BCUT2D eigenvalue weighted by Crippen LogP contribution is 2.47. The van der Waals surface area contributed by atoms with Crippen LogP contribution >= 0.6 is 12.4 Å². The number of carboxylic acids is 2. The lowest BCUT2D eigenvalue weighted by Gasteiger charge is -2.43. The Labute approximate surface area is 866 Å². The number of aromatic nitrogens is 5. The molecule has 6 aliphatic rings. The number of hydrogen-bond donors (Lipinski definition) is 6. The van der Waals surface area contributed by atoms with Crippen LogP contribution in [0.25, 0.3) is 0 Å². The summed E-state index contributed by atoms with van der Waals surface area (Å²) in [6.45, 7) is 61.3. The molecule has 6 aliphatic carbocycles. The molecule has 6 fully saturated rings. The molecule has 1 amide bonds. The second kappa shape index (κ2) is 53.8. The molecule has 6 aromatic heterocycles. The van der Waals surface area contributed by atoms with Crippen LogP contribution in [0.1, 0.15) is 350 Å². The van der Waals surface area contributed by atoms with Gasteiger partial charge in [-0.2, -0.15) is 0 Å². The van der Waals surface area contributed by atoms with E-state index in [0.29, 0.717) is 11.1 Å². The molecule has 0 unspecified atom stereocenters. The van der Waals surface area contributed by atoms with Gasteiger partial charge in [-0.25, -0.2) is 28.8 Å². The maximum absolute atomic E-state index is 13.1. The highest BCUT2D eigenvalue weighted by atomic mass is 35.5. The van der Waals surface area contributed by atoms with Crippen LogP contribution in [-0.2, 0) is 36.3 Å². The van der Waals surface area contributed by atoms with Gasteiger partial charge in [-0.15, -0.1) is 12.4 Å². The van der Waals surface area contributed by atoms with Gasteiger partial charge < -0.3 is 90.4 Å². The number of carbonyl (C=O) groups excluding carboxylic acids is 3. The normalized spacial score (nSPS) is 22.0. The smallest absolute Gasteiger partial charge is 0.412 e. The fourth-order valence-corrected chi connectivity index (χ4v) is 24.1. The van der Waals surface area contributed by atoms with Gasteiger partial charge in [0.15, 0.2) is 41.6 Å². The second-order valence-corrected chi connectivity index (χ2v) is 71.4. The van der Waals surface area contributed by atoms with Gasteiger partial charge in [-0.1, -0.05) is 181 Å². The third kappa shape index (κ3) is 35.5. The van der Waals surface area contributed by atoms with Crippen LogP contribution in [0.15, 0.2) is 143 Å². The minimum atomic E-state index is -1.96. The van der Waals surface area contributed by atoms with Gasteiger partial charge >= 0.3 is 35.6 Å². The van der Waals surface area contributed by atoms with E-state index in [9.17, 15) is 68.1 Å². The van der Waals surface area contributed by atoms with Crippen molar-refractivity contribution >= 4 is 95.3 Å². The first kappa shape index (κ1) is 126. The Balaban J connectivity index is 0.000000301. The van der Waals surface area contributed by atoms with Crippen LogP contribution in [0.4, 0.5) is 16.2 Å². The molecule has 0 aromatic carbocycles. The van der Waals surface area contributed by atoms with Crippen LogP contribution in [-0.4, -0.2) is 172 Å². The van der Waals surface area contributed by atoms with Gasteiger partial charge in [0.25, 0.3) is 27.8 Å². The van der Waals surface area contributed by atoms with Crippen molar-refractivity contribution in [1.82, 2.24) is 22.8 Å². The zero-order valence-electron chi connectivity index (χ0n) is 92.1. The number of hydrogen-bond acceptors (Lipinski definition) is 23. The standard InChI is InChI=1S/C22H38N2O4Si.C19H31NO4Si.2C18H29NO4Si.C12H27NOSi.C11H16N2O2.C7H6O4.ClH/c1-21(2,3)27-20(26)23-16-12-11-15-24(19(16)25)17-13-9-10-14-18(17)28-29(7,8)22(4,5)6;1-19(2,3)25(5,6)24-16-12-8-7-11-15(16)20-13-9-10-14(17(20)21)18(22)23-4;2*1-18(2,3)24(4,5)23-15-11-7-6-10-14(15)19-12-8-9-13(16(19)20)17(21)22;1-12(2,3)15(4,5)14-11-9-7-6-8-10(11)13;12-8-4-3-7-13(11(8)15)9-5-1-2-6-10(9)14;1-10-6(8)5-3-2-4-11-7(5)9;/h11-12,15,17-18H,9-10,13-14H2,1-8H3,(H,23,26);9-10,13,15-16H,7-8,11-12H2,1-6H3;2*8-9,12,14-15H,6-7,10-11H2,1-5H3,(H,21,22);10-11H,6-9,13H2,1-5H3;3-4,7,9-10,14H,1-2,5-6,12H2;2-4H,1H3;1H/t17-,18+;15-,16+;2*14-,15+;10-,11+;9-,10+;;/m000010../s1. The molecule has 12 rings (SSSR count). The first-order valence-corrected chi connectivity index (χ1v) is 66.0. The number of esters is 2. The van der Waals surface area contributed by atoms with Crippen molar-refractivity contribution < 1.29 is 80.1 Å². The number of methoxy groups -OCH3 is 2. The summed E-state index contributed by atoms with van der Waals surface area (Å²) < 4.78 is 59.9. The van der Waals surface area contributed by atoms with E-state index in [0.717, 1.165) is 141 Å². The van der Waals surface area contributed by atoms with Crippen molar-refractivity contribution in [2.45, 2.75) is 448 Å². The van der Waals surface area contributed by atoms with Crippen LogP contribution in [0.5, 0.6) is 0 Å². The topological polar surface area (TPSA) is 424 Å². The molecule has 6 aromatic rings. The Morgan fingerprint density at radius 3 is 0.951 bits per heavy atom. The number of nitrogens with two attached hydrogens (primary N) is 2. The van der Waals surface area contributed by atoms with Gasteiger partial charge in [-0.3, -0.25) is 29.3 Å². The minimum absolute atomic E-state index is 0. The molecule has 0 aliphatic heterocycles. The van der Waals surface area contributed by atoms with Gasteiger partial charge in [0.2, 0.25) is 0 Å². The molecule has 0 spiro atoms. The van der Waals surface area contributed by atoms with Crippen LogP contribution in [0.3, 0.4) is 0 Å². The number of nitrogens with one attached hydrogen (secondary N) is 1. The van der Waals surface area contributed by atoms with E-state index in [1.54, 1.807) is 117 Å². The zero-order valence-corrected chi connectivity index (χ0v) is 97.9. The number of amides is 1. The molecule has 8 N–H and O–H groups in total. The number of aliphatic hydroxyl groups is 1. The summed E-state index contributed by atoms with van der Waals surface area (Å²) in [7, 11) is -6.91. The number of halogens is 1. The number of aliphatic hydroxyl groups excluding tert-OH is 1. The number of carboxylic acid groups (broad SMARTS) is 2. The van der Waals surface area contributed by atoms with Crippen molar-refractivity contribution in [2.75, 3.05) is 25.3 Å². The fraction of sp³-hybridized carbons (Fsp3) is 0.673. The monoisotopic (exact) mass is 2120 g/mol. The van der Waals surface area contributed by atoms with Crippen molar-refractivity contribution in [3.8, 4) is 0 Å². The Morgan fingerprint density at radius 2 is 0.632 bits per heavy atom. The van der Waals surface area contributed by atoms with Crippen LogP contribution in [0.2, 0.25) is 90.7 Å². The number of anilines is 2. The van der Waals surface area contributed by atoms with Gasteiger partial charge in [0.05, 0.1) is 93.0 Å². The molecular formula is C107H177ClN8O23Si5. The molecule has 144 heavy (non-hydrogen) atoms. The summed E-state index contributed by atoms with van der Waals surface area (Å²) in [5, 5.41) is 31.6. The average molecular weight is 2120 g/mol. The Hall–Kier alpha value is -8.26. The van der Waals surface area contributed by atoms with Crippen molar-refractivity contribution in [3.05, 3.63) is 194 Å². The third-order valence-electron chi connectivity index (χ3n) is 30.7. The average Bonchev–Trinajstić information content (AvgIpc) is 0.796. The molecule has 810 valence electrons. The largest absolute Gasteiger partial charge is 0.477 e. The maximum Gasteiger partial charge on any atom is 0.412 e. The first-order valence-electron chi connectivity index (χ1n) is 51.4. The van der Waals surface area contributed by atoms with E-state index in [4.69, 9.17) is 43.1 Å². The third-order valence-corrected chi connectivity index (χ3v) is 53.2. The molecule has 31 nitrogen and oxygen atoms in total. The molecule has 0 bridgehead atoms. The summed E-state index contributed by atoms with van der Waals surface area (Å²) >= 11 is 0. The fourth-order valence-electron chi connectivity index (χ4n) is 17.2. The predicted octanol–water partition coefficient (Wildman–Crippen LogP) is 23.0. The molecule has 6 heterocycles. The molecule has 37 heteroatoms. The lowest BCUT2D eigenvalue weighted by atomic mass is 9.92. The number of pyridine rings is 5. The molecule has 12 atom stereocenters. The van der Waals surface area contributed by atoms with E-state index in [-0.39, 0.29) is 144 Å². The Bertz CT molecular complexity index is 5420. The molecular weight excluding hydrogens is 1940 g/mol. The zero-order chi connectivity index (χ0) is 108. The SMILES string of the molecule is CC(C)(C)OC(=O)Nc1cccn([C@H]2CCCC[C@H]2O[Si](C)(C)C(C)(C)C)c1=O.CC(C)(C)[Si](C)(C)O[C@@H]1CCCC[C@@H]1n1cccc(C(=O)O)c1=O.CC(C)(C)[Si](C)(C)O[C@@H]1CCCC[C@@H]1n1cccc(C(=O)O)c1=O.CC(C)(C)[Si](C)(C)O[C@H]1CCCC[C@H]1N.COC(=O)c1cccn([C@H]2CCCC[C@H]2O[Si](C)(C)C(C)(C)C)c1=O.COC(=O)c1cccoc1=O.Cl.Nc1cccn([C@H]2CCCC[C@H]2O)c1=O. The lowest BCUT2D eigenvalue weighted by Crippen LogP contribution is -2.50. The number of ether oxygens (including phenoxy) is 3. The van der Waals surface area contributed by atoms with E-state index >= 15 is 0 Å². The number of aromatic carboxylic acids is 2. The van der Waals surface area contributed by atoms with Crippen LogP contribution < -0.4 is 50.2 Å². The number of carbonyl (C=O) groups is 5. The van der Waals surface area contributed by atoms with Crippen molar-refractivity contribution in [3.63, 3.8) is 0 Å². The molecule has 0 saturated heterocycles. The number of nitrogens with zero attached hydrogens (tertiary/aromatic N) is 5. The minimum Gasteiger partial charge on any atom is -0.477 e. The molecule has 0 radical (unpaired) electrons. The van der Waals surface area contributed by atoms with Gasteiger partial charge in [0.1, 0.15) is 33.5 Å². The Morgan fingerprint density at radius 1 is 0.361 bits per heavy atom. The summed E-state index contributed by atoms with van der Waals surface area (Å²) in [4.78, 5) is 131. The predicted molar refractivity (Wildman–Crippen MR) is 587 cm³/mol. The van der Waals surface area contributed by atoms with Crippen molar-refractivity contribution in [2.24, 2.45) is 5.73 Å². The number of nitrogen functional groups attached to an aromatic ring is 1. The van der Waals surface area contributed by atoms with Gasteiger partial charge in [0, 0.05) is 37.0 Å². The van der Waals surface area contributed by atoms with Crippen LogP contribution in [0, 0.1) is 0 Å². The summed E-state index contributed by atoms with van der Waals surface area (Å²) in [6, 6.07) is 18.8. The van der Waals surface area contributed by atoms with E-state index in [1.807, 2.05) is 0 Å². The molecule has 6 saturated carbocycles. The summed E-state index contributed by atoms with van der Waals surface area (Å²) in [5.74, 6) is -3.62. The Kier molecular flexibility index (Phi) is 47.1. The highest BCUT2D eigenvalue weighted by Gasteiger charge is 2.48. The lowest BCUT2D eigenvalue weighted by molar-refractivity contribution is 0.0585. The van der Waals surface area contributed by atoms with Gasteiger partial charge in [-0.05, 0) is 261 Å². The quantitative estimate of drug-likeness (QED) is 0.0235. The second-order valence-electron chi connectivity index (χ2n) is 47.6. The van der Waals surface area contributed by atoms with Crippen molar-refractivity contribution in [1.29, 1.82) is 0 Å². The number of rotatable bonds is 20.